The molecule has 0 aromatic rings. The quantitative estimate of drug-likeness (QED) is 0.486. The maximum atomic E-state index is 12.7. The van der Waals surface area contributed by atoms with Gasteiger partial charge in [-0.15, -0.1) is 0 Å². The van der Waals surface area contributed by atoms with E-state index in [2.05, 4.69) is 41.5 Å². The number of carbonyl (C=O) groups is 1. The van der Waals surface area contributed by atoms with E-state index in [4.69, 9.17) is 0 Å². The number of fused-ring (bicyclic) bond motifs is 3. The van der Waals surface area contributed by atoms with Crippen molar-refractivity contribution in [2.45, 2.75) is 106 Å². The summed E-state index contributed by atoms with van der Waals surface area (Å²) < 4.78 is 0. The standard InChI is InChI=1S/C25H44O/c1-7-24(5)22-15-16-25(6)20(18(4)10-8-9-17(2)3)12-13-21(25)19(22)11-14-23(24)26/h17-22H,7-16H2,1-6H3. The summed E-state index contributed by atoms with van der Waals surface area (Å²) in [6, 6.07) is 0. The molecular weight excluding hydrogens is 316 g/mol. The summed E-state index contributed by atoms with van der Waals surface area (Å²) in [5, 5.41) is 0. The zero-order valence-corrected chi connectivity index (χ0v) is 18.4. The third kappa shape index (κ3) is 3.30. The summed E-state index contributed by atoms with van der Waals surface area (Å²) in [4.78, 5) is 12.7. The van der Waals surface area contributed by atoms with Gasteiger partial charge in [0.1, 0.15) is 5.78 Å². The van der Waals surface area contributed by atoms with Crippen molar-refractivity contribution in [2.75, 3.05) is 0 Å². The minimum Gasteiger partial charge on any atom is -0.299 e. The van der Waals surface area contributed by atoms with Crippen LogP contribution in [-0.4, -0.2) is 5.78 Å². The van der Waals surface area contributed by atoms with Crippen LogP contribution < -0.4 is 0 Å². The van der Waals surface area contributed by atoms with Gasteiger partial charge >= 0.3 is 0 Å². The number of Topliss-reactive ketones (excluding diaryl/α,β-unsaturated/α-hetero) is 1. The summed E-state index contributed by atoms with van der Waals surface area (Å²) in [7, 11) is 0. The fourth-order valence-electron chi connectivity index (χ4n) is 7.76. The number of hydrogen-bond donors (Lipinski definition) is 0. The lowest BCUT2D eigenvalue weighted by Crippen LogP contribution is -2.52. The van der Waals surface area contributed by atoms with Crippen molar-refractivity contribution in [2.24, 2.45) is 46.3 Å². The summed E-state index contributed by atoms with van der Waals surface area (Å²) in [6.45, 7) is 14.5. The van der Waals surface area contributed by atoms with Gasteiger partial charge in [0.15, 0.2) is 0 Å². The monoisotopic (exact) mass is 360 g/mol. The number of rotatable bonds is 6. The van der Waals surface area contributed by atoms with Gasteiger partial charge in [0.25, 0.3) is 0 Å². The van der Waals surface area contributed by atoms with Crippen molar-refractivity contribution < 1.29 is 4.79 Å². The molecule has 0 aliphatic heterocycles. The molecule has 0 spiro atoms. The van der Waals surface area contributed by atoms with Crippen molar-refractivity contribution in [1.82, 2.24) is 0 Å². The average Bonchev–Trinajstić information content (AvgIpc) is 2.95. The van der Waals surface area contributed by atoms with E-state index in [9.17, 15) is 4.79 Å². The second-order valence-corrected chi connectivity index (χ2v) is 11.1. The molecule has 3 aliphatic carbocycles. The topological polar surface area (TPSA) is 17.1 Å². The molecule has 7 unspecified atom stereocenters. The van der Waals surface area contributed by atoms with Gasteiger partial charge < -0.3 is 0 Å². The molecule has 26 heavy (non-hydrogen) atoms. The van der Waals surface area contributed by atoms with Crippen LogP contribution in [0.25, 0.3) is 0 Å². The molecule has 3 saturated carbocycles. The molecule has 1 heteroatoms. The molecule has 150 valence electrons. The van der Waals surface area contributed by atoms with E-state index in [1.807, 2.05) is 0 Å². The van der Waals surface area contributed by atoms with Gasteiger partial charge in [0.05, 0.1) is 0 Å². The van der Waals surface area contributed by atoms with E-state index in [0.29, 0.717) is 17.1 Å². The highest BCUT2D eigenvalue weighted by Gasteiger charge is 2.59. The molecule has 0 saturated heterocycles. The van der Waals surface area contributed by atoms with Crippen LogP contribution in [0, 0.1) is 46.3 Å². The lowest BCUT2D eigenvalue weighted by molar-refractivity contribution is -0.145. The highest BCUT2D eigenvalue weighted by molar-refractivity contribution is 5.85. The Labute approximate surface area is 163 Å². The van der Waals surface area contributed by atoms with Crippen LogP contribution in [0.4, 0.5) is 0 Å². The Balaban J connectivity index is 1.72. The number of hydrogen-bond acceptors (Lipinski definition) is 1. The molecule has 0 N–H and O–H groups in total. The van der Waals surface area contributed by atoms with Crippen molar-refractivity contribution in [3.8, 4) is 0 Å². The molecule has 7 atom stereocenters. The highest BCUT2D eigenvalue weighted by atomic mass is 16.1. The first-order valence-electron chi connectivity index (χ1n) is 11.8. The summed E-state index contributed by atoms with van der Waals surface area (Å²) >= 11 is 0. The van der Waals surface area contributed by atoms with E-state index >= 15 is 0 Å². The van der Waals surface area contributed by atoms with Crippen LogP contribution in [-0.2, 0) is 4.79 Å². The van der Waals surface area contributed by atoms with Crippen molar-refractivity contribution in [3.63, 3.8) is 0 Å². The first-order chi connectivity index (χ1) is 12.2. The van der Waals surface area contributed by atoms with E-state index in [0.717, 1.165) is 42.4 Å². The first kappa shape index (κ1) is 20.4. The molecule has 3 fully saturated rings. The van der Waals surface area contributed by atoms with Crippen LogP contribution >= 0.6 is 0 Å². The van der Waals surface area contributed by atoms with Gasteiger partial charge in [0.2, 0.25) is 0 Å². The molecule has 0 amide bonds. The third-order valence-electron chi connectivity index (χ3n) is 9.53. The van der Waals surface area contributed by atoms with Crippen molar-refractivity contribution in [3.05, 3.63) is 0 Å². The fourth-order valence-corrected chi connectivity index (χ4v) is 7.76. The van der Waals surface area contributed by atoms with Gasteiger partial charge in [-0.2, -0.15) is 0 Å². The normalized spacial score (nSPS) is 44.0. The molecule has 0 radical (unpaired) electrons. The molecular formula is C25H44O. The van der Waals surface area contributed by atoms with E-state index in [-0.39, 0.29) is 5.41 Å². The zero-order chi connectivity index (χ0) is 19.1. The Morgan fingerprint density at radius 1 is 1.00 bits per heavy atom. The Hall–Kier alpha value is -0.330. The van der Waals surface area contributed by atoms with Gasteiger partial charge in [-0.3, -0.25) is 4.79 Å². The highest BCUT2D eigenvalue weighted by Crippen LogP contribution is 2.65. The molecule has 0 bridgehead atoms. The van der Waals surface area contributed by atoms with Crippen molar-refractivity contribution >= 4 is 5.78 Å². The van der Waals surface area contributed by atoms with Crippen LogP contribution in [0.15, 0.2) is 0 Å². The van der Waals surface area contributed by atoms with Gasteiger partial charge in [-0.1, -0.05) is 60.8 Å². The second-order valence-electron chi connectivity index (χ2n) is 11.1. The summed E-state index contributed by atoms with van der Waals surface area (Å²) in [5.74, 6) is 5.59. The smallest absolute Gasteiger partial charge is 0.139 e. The Kier molecular flexibility index (Phi) is 5.96. The van der Waals surface area contributed by atoms with Gasteiger partial charge in [0, 0.05) is 11.8 Å². The lowest BCUT2D eigenvalue weighted by atomic mass is 9.48. The zero-order valence-electron chi connectivity index (χ0n) is 18.4. The second kappa shape index (κ2) is 7.59. The molecule has 3 aliphatic rings. The Morgan fingerprint density at radius 2 is 1.73 bits per heavy atom. The first-order valence-corrected chi connectivity index (χ1v) is 11.8. The average molecular weight is 361 g/mol. The minimum absolute atomic E-state index is 0.0226. The maximum Gasteiger partial charge on any atom is 0.139 e. The summed E-state index contributed by atoms with van der Waals surface area (Å²) in [5.41, 5.74) is 0.526. The molecule has 3 rings (SSSR count). The molecule has 1 nitrogen and oxygen atoms in total. The van der Waals surface area contributed by atoms with Crippen LogP contribution in [0.5, 0.6) is 0 Å². The van der Waals surface area contributed by atoms with Crippen LogP contribution in [0.2, 0.25) is 0 Å². The lowest BCUT2D eigenvalue weighted by Gasteiger charge is -2.56. The molecule has 0 heterocycles. The fraction of sp³-hybridized carbons (Fsp3) is 0.960. The maximum absolute atomic E-state index is 12.7. The van der Waals surface area contributed by atoms with Gasteiger partial charge in [-0.05, 0) is 79.4 Å². The summed E-state index contributed by atoms with van der Waals surface area (Å²) in [6.07, 6.45) is 12.9. The van der Waals surface area contributed by atoms with Crippen LogP contribution in [0.3, 0.4) is 0 Å². The minimum atomic E-state index is -0.0226. The van der Waals surface area contributed by atoms with E-state index in [1.165, 1.54) is 51.4 Å². The van der Waals surface area contributed by atoms with E-state index < -0.39 is 0 Å². The van der Waals surface area contributed by atoms with E-state index in [1.54, 1.807) is 0 Å². The number of ketones is 1. The predicted octanol–water partition coefficient (Wildman–Crippen LogP) is 7.29. The number of carbonyl (C=O) groups excluding carboxylic acids is 1. The molecule has 0 aromatic carbocycles. The predicted molar refractivity (Wildman–Crippen MR) is 111 cm³/mol. The molecule has 0 aromatic heterocycles. The largest absolute Gasteiger partial charge is 0.299 e. The van der Waals surface area contributed by atoms with Crippen molar-refractivity contribution in [1.29, 1.82) is 0 Å². The van der Waals surface area contributed by atoms with Gasteiger partial charge in [-0.25, -0.2) is 0 Å². The Morgan fingerprint density at radius 3 is 2.38 bits per heavy atom. The Bertz CT molecular complexity index is 508. The third-order valence-corrected chi connectivity index (χ3v) is 9.53. The van der Waals surface area contributed by atoms with Crippen LogP contribution in [0.1, 0.15) is 106 Å². The SMILES string of the molecule is CCC1(C)C(=O)CCC2C1CCC1(C)C(C(C)CCCC(C)C)CCC21.